The number of nitrogens with zero attached hydrogens (tertiary/aromatic N) is 3. The Morgan fingerprint density at radius 1 is 1.03 bits per heavy atom. The molecule has 0 radical (unpaired) electrons. The first kappa shape index (κ1) is 23.5. The number of rotatable bonds is 4. The minimum absolute atomic E-state index is 0.346. The molecule has 2 fully saturated rings. The van der Waals surface area contributed by atoms with Crippen LogP contribution < -0.4 is 9.80 Å². The quantitative estimate of drug-likeness (QED) is 0.514. The van der Waals surface area contributed by atoms with E-state index in [1.165, 1.54) is 5.69 Å². The van der Waals surface area contributed by atoms with E-state index in [1.54, 1.807) is 17.8 Å². The van der Waals surface area contributed by atoms with E-state index in [0.29, 0.717) is 22.1 Å². The molecule has 32 heavy (non-hydrogen) atoms. The van der Waals surface area contributed by atoms with Crippen molar-refractivity contribution in [1.29, 1.82) is 0 Å². The molecule has 0 amide bonds. The Labute approximate surface area is 205 Å². The van der Waals surface area contributed by atoms with Gasteiger partial charge in [-0.25, -0.2) is 0 Å². The SMILES string of the molecule is CC1CN(C)CC(C)N1c1ccccc1C=C1SCCN(c2ccc(Cl)c(Cl)c2)C1C=O. The molecular formula is C25H29Cl2N3OS. The maximum absolute atomic E-state index is 12.3. The van der Waals surface area contributed by atoms with E-state index in [4.69, 9.17) is 23.2 Å². The third-order valence-corrected chi connectivity index (χ3v) is 8.02. The Kier molecular flexibility index (Phi) is 7.40. The molecule has 3 atom stereocenters. The fourth-order valence-electron chi connectivity index (χ4n) is 4.92. The van der Waals surface area contributed by atoms with Crippen LogP contribution in [0.25, 0.3) is 6.08 Å². The van der Waals surface area contributed by atoms with Crippen molar-refractivity contribution in [3.05, 3.63) is 63.0 Å². The number of benzene rings is 2. The Hall–Kier alpha value is -1.66. The molecule has 7 heteroatoms. The minimum atomic E-state index is -0.346. The summed E-state index contributed by atoms with van der Waals surface area (Å²) < 4.78 is 0. The fraction of sp³-hybridized carbons (Fsp3) is 0.400. The highest BCUT2D eigenvalue weighted by atomic mass is 35.5. The maximum atomic E-state index is 12.3. The summed E-state index contributed by atoms with van der Waals surface area (Å²) in [6.07, 6.45) is 3.23. The van der Waals surface area contributed by atoms with E-state index in [0.717, 1.165) is 47.8 Å². The zero-order valence-electron chi connectivity index (χ0n) is 18.7. The van der Waals surface area contributed by atoms with Crippen LogP contribution in [-0.4, -0.2) is 61.7 Å². The number of thioether (sulfide) groups is 1. The van der Waals surface area contributed by atoms with Crippen molar-refractivity contribution in [2.45, 2.75) is 32.0 Å². The fourth-order valence-corrected chi connectivity index (χ4v) is 6.30. The van der Waals surface area contributed by atoms with Crippen LogP contribution in [0.2, 0.25) is 10.0 Å². The average molecular weight is 491 g/mol. The number of carbonyl (C=O) groups excluding carboxylic acids is 1. The highest BCUT2D eigenvalue weighted by molar-refractivity contribution is 8.03. The second-order valence-electron chi connectivity index (χ2n) is 8.65. The Bertz CT molecular complexity index is 1000. The summed E-state index contributed by atoms with van der Waals surface area (Å²) in [6.45, 7) is 7.41. The lowest BCUT2D eigenvalue weighted by atomic mass is 10.0. The molecule has 2 saturated heterocycles. The maximum Gasteiger partial charge on any atom is 0.147 e. The molecule has 0 saturated carbocycles. The largest absolute Gasteiger partial charge is 0.363 e. The third-order valence-electron chi connectivity index (χ3n) is 6.21. The van der Waals surface area contributed by atoms with Gasteiger partial charge in [0.05, 0.1) is 10.0 Å². The lowest BCUT2D eigenvalue weighted by Crippen LogP contribution is -2.55. The summed E-state index contributed by atoms with van der Waals surface area (Å²) in [5.41, 5.74) is 3.29. The molecule has 0 aromatic heterocycles. The summed E-state index contributed by atoms with van der Waals surface area (Å²) in [5, 5.41) is 1.02. The van der Waals surface area contributed by atoms with Gasteiger partial charge in [-0.3, -0.25) is 0 Å². The molecule has 0 N–H and O–H groups in total. The lowest BCUT2D eigenvalue weighted by Gasteiger charge is -2.45. The monoisotopic (exact) mass is 489 g/mol. The first-order chi connectivity index (χ1) is 15.4. The van der Waals surface area contributed by atoms with Crippen molar-refractivity contribution in [1.82, 2.24) is 4.90 Å². The molecule has 170 valence electrons. The Balaban J connectivity index is 1.69. The molecule has 0 aliphatic carbocycles. The summed E-state index contributed by atoms with van der Waals surface area (Å²) >= 11 is 14.1. The van der Waals surface area contributed by atoms with Crippen LogP contribution in [0.1, 0.15) is 19.4 Å². The van der Waals surface area contributed by atoms with Crippen LogP contribution in [0, 0.1) is 0 Å². The average Bonchev–Trinajstić information content (AvgIpc) is 2.76. The topological polar surface area (TPSA) is 26.8 Å². The molecule has 4 rings (SSSR count). The van der Waals surface area contributed by atoms with E-state index in [2.05, 4.69) is 65.9 Å². The molecule has 3 unspecified atom stereocenters. The molecule has 0 bridgehead atoms. The van der Waals surface area contributed by atoms with E-state index >= 15 is 0 Å². The first-order valence-electron chi connectivity index (χ1n) is 11.0. The van der Waals surface area contributed by atoms with Gasteiger partial charge in [-0.15, -0.1) is 11.8 Å². The number of para-hydroxylation sites is 1. The second kappa shape index (κ2) is 10.1. The zero-order chi connectivity index (χ0) is 22.8. The number of aldehydes is 1. The van der Waals surface area contributed by atoms with Crippen molar-refractivity contribution in [3.8, 4) is 0 Å². The number of piperazine rings is 1. The molecule has 2 aliphatic rings. The minimum Gasteiger partial charge on any atom is -0.363 e. The first-order valence-corrected chi connectivity index (χ1v) is 12.7. The van der Waals surface area contributed by atoms with Gasteiger partial charge < -0.3 is 19.5 Å². The molecular weight excluding hydrogens is 461 g/mol. The number of likely N-dealkylation sites (N-methyl/N-ethyl adjacent to an activating group) is 1. The lowest BCUT2D eigenvalue weighted by molar-refractivity contribution is -0.108. The Morgan fingerprint density at radius 3 is 2.44 bits per heavy atom. The van der Waals surface area contributed by atoms with E-state index in [1.807, 2.05) is 12.1 Å². The van der Waals surface area contributed by atoms with Crippen molar-refractivity contribution >= 4 is 58.7 Å². The number of carbonyl (C=O) groups is 1. The predicted octanol–water partition coefficient (Wildman–Crippen LogP) is 5.68. The number of anilines is 2. The molecule has 4 nitrogen and oxygen atoms in total. The van der Waals surface area contributed by atoms with Gasteiger partial charge in [0.15, 0.2) is 0 Å². The van der Waals surface area contributed by atoms with E-state index < -0.39 is 0 Å². The molecule has 2 aromatic rings. The van der Waals surface area contributed by atoms with Crippen LogP contribution in [0.4, 0.5) is 11.4 Å². The Morgan fingerprint density at radius 2 is 1.75 bits per heavy atom. The van der Waals surface area contributed by atoms with Gasteiger partial charge in [0.2, 0.25) is 0 Å². The van der Waals surface area contributed by atoms with Gasteiger partial charge in [0.25, 0.3) is 0 Å². The molecule has 2 aromatic carbocycles. The smallest absolute Gasteiger partial charge is 0.147 e. The highest BCUT2D eigenvalue weighted by Gasteiger charge is 2.31. The summed E-state index contributed by atoms with van der Waals surface area (Å²) in [7, 11) is 2.18. The van der Waals surface area contributed by atoms with Crippen LogP contribution in [0.15, 0.2) is 47.4 Å². The van der Waals surface area contributed by atoms with E-state index in [-0.39, 0.29) is 6.04 Å². The molecule has 2 heterocycles. The standard InChI is InChI=1S/C25H29Cl2N3OS/c1-17-14-28(3)15-18(2)30(17)23-7-5-4-6-19(23)12-25-24(16-31)29(10-11-32-25)20-8-9-21(26)22(27)13-20/h4-9,12-13,16-18,24H,10-11,14-15H2,1-3H3. The summed E-state index contributed by atoms with van der Waals surface area (Å²) in [4.78, 5) is 20.3. The van der Waals surface area contributed by atoms with Gasteiger partial charge in [0.1, 0.15) is 12.3 Å². The summed E-state index contributed by atoms with van der Waals surface area (Å²) in [6, 6.07) is 14.6. The van der Waals surface area contributed by atoms with Crippen LogP contribution in [0.3, 0.4) is 0 Å². The van der Waals surface area contributed by atoms with Gasteiger partial charge in [-0.1, -0.05) is 41.4 Å². The van der Waals surface area contributed by atoms with Crippen molar-refractivity contribution in [2.75, 3.05) is 42.2 Å². The van der Waals surface area contributed by atoms with Crippen molar-refractivity contribution in [3.63, 3.8) is 0 Å². The van der Waals surface area contributed by atoms with Gasteiger partial charge >= 0.3 is 0 Å². The molecule has 2 aliphatic heterocycles. The highest BCUT2D eigenvalue weighted by Crippen LogP contribution is 2.37. The van der Waals surface area contributed by atoms with Gasteiger partial charge in [0, 0.05) is 53.8 Å². The molecule has 0 spiro atoms. The normalized spacial score (nSPS) is 25.9. The van der Waals surface area contributed by atoms with Crippen LogP contribution >= 0.6 is 35.0 Å². The van der Waals surface area contributed by atoms with Gasteiger partial charge in [-0.05, 0) is 56.8 Å². The third kappa shape index (κ3) is 4.81. The van der Waals surface area contributed by atoms with E-state index in [9.17, 15) is 4.79 Å². The zero-order valence-corrected chi connectivity index (χ0v) is 21.0. The number of hydrogen-bond acceptors (Lipinski definition) is 5. The van der Waals surface area contributed by atoms with Crippen LogP contribution in [0.5, 0.6) is 0 Å². The summed E-state index contributed by atoms with van der Waals surface area (Å²) in [5.74, 6) is 0.903. The second-order valence-corrected chi connectivity index (χ2v) is 10.6. The van der Waals surface area contributed by atoms with Crippen LogP contribution in [-0.2, 0) is 4.79 Å². The predicted molar refractivity (Wildman–Crippen MR) is 139 cm³/mol. The van der Waals surface area contributed by atoms with Crippen molar-refractivity contribution < 1.29 is 4.79 Å². The van der Waals surface area contributed by atoms with Crippen molar-refractivity contribution in [2.24, 2.45) is 0 Å². The number of halogens is 2. The number of hydrogen-bond donors (Lipinski definition) is 0. The van der Waals surface area contributed by atoms with Gasteiger partial charge in [-0.2, -0.15) is 0 Å².